The Morgan fingerprint density at radius 3 is 2.67 bits per heavy atom. The number of hydrogen-bond donors (Lipinski definition) is 2. The maximum atomic E-state index is 12.3. The van der Waals surface area contributed by atoms with Crippen LogP contribution in [0.5, 0.6) is 0 Å². The van der Waals surface area contributed by atoms with Crippen LogP contribution in [-0.2, 0) is 4.79 Å². The summed E-state index contributed by atoms with van der Waals surface area (Å²) in [5, 5.41) is 6.72. The van der Waals surface area contributed by atoms with Gasteiger partial charge in [-0.2, -0.15) is 0 Å². The molecule has 2 atom stereocenters. The first kappa shape index (κ1) is 13.8. The van der Waals surface area contributed by atoms with E-state index in [0.29, 0.717) is 17.9 Å². The van der Waals surface area contributed by atoms with Gasteiger partial charge in [-0.3, -0.25) is 4.79 Å². The first-order valence-corrected chi connectivity index (χ1v) is 7.39. The van der Waals surface area contributed by atoms with Crippen molar-refractivity contribution < 1.29 is 4.79 Å². The molecule has 0 aromatic carbocycles. The van der Waals surface area contributed by atoms with Gasteiger partial charge in [-0.05, 0) is 44.7 Å². The molecule has 1 unspecified atom stereocenters. The highest BCUT2D eigenvalue weighted by atomic mass is 16.2. The van der Waals surface area contributed by atoms with E-state index >= 15 is 0 Å². The van der Waals surface area contributed by atoms with E-state index in [9.17, 15) is 4.79 Å². The van der Waals surface area contributed by atoms with Gasteiger partial charge in [0, 0.05) is 32.1 Å². The third kappa shape index (κ3) is 3.45. The van der Waals surface area contributed by atoms with E-state index in [0.717, 1.165) is 45.1 Å². The largest absolute Gasteiger partial charge is 0.337 e. The minimum Gasteiger partial charge on any atom is -0.337 e. The van der Waals surface area contributed by atoms with Crippen LogP contribution in [0.25, 0.3) is 0 Å². The number of nitrogens with one attached hydrogen (secondary N) is 2. The van der Waals surface area contributed by atoms with Crippen LogP contribution in [0, 0.1) is 11.8 Å². The molecule has 104 valence electrons. The Labute approximate surface area is 110 Å². The fraction of sp³-hybridized carbons (Fsp3) is 0.929. The maximum absolute atomic E-state index is 12.3. The second kappa shape index (κ2) is 6.53. The number of carbonyl (C=O) groups excluding carboxylic acids is 1. The lowest BCUT2D eigenvalue weighted by molar-refractivity contribution is -0.135. The second-order valence-electron chi connectivity index (χ2n) is 5.91. The summed E-state index contributed by atoms with van der Waals surface area (Å²) >= 11 is 0. The summed E-state index contributed by atoms with van der Waals surface area (Å²) < 4.78 is 0. The highest BCUT2D eigenvalue weighted by molar-refractivity contribution is 5.77. The van der Waals surface area contributed by atoms with E-state index < -0.39 is 0 Å². The van der Waals surface area contributed by atoms with Gasteiger partial charge >= 0.3 is 0 Å². The number of carbonyl (C=O) groups is 1. The molecule has 18 heavy (non-hydrogen) atoms. The van der Waals surface area contributed by atoms with Crippen molar-refractivity contribution in [2.24, 2.45) is 11.8 Å². The van der Waals surface area contributed by atoms with Crippen LogP contribution >= 0.6 is 0 Å². The number of rotatable bonds is 3. The third-order valence-corrected chi connectivity index (χ3v) is 4.51. The molecular weight excluding hydrogens is 226 g/mol. The monoisotopic (exact) mass is 253 g/mol. The topological polar surface area (TPSA) is 44.4 Å². The van der Waals surface area contributed by atoms with E-state index in [2.05, 4.69) is 29.4 Å². The van der Waals surface area contributed by atoms with Gasteiger partial charge in [0.15, 0.2) is 0 Å². The number of piperidine rings is 1. The fourth-order valence-corrected chi connectivity index (χ4v) is 3.18. The Hall–Kier alpha value is -0.610. The van der Waals surface area contributed by atoms with Crippen LogP contribution in [0.4, 0.5) is 0 Å². The summed E-state index contributed by atoms with van der Waals surface area (Å²) in [6.07, 6.45) is 3.19. The highest BCUT2D eigenvalue weighted by Crippen LogP contribution is 2.25. The SMILES string of the molecule is CC(CC(=O)N1CCNC[C@@H]1C)C1CCNCC1. The first-order chi connectivity index (χ1) is 8.68. The first-order valence-electron chi connectivity index (χ1n) is 7.39. The molecular formula is C14H27N3O. The number of hydrogen-bond acceptors (Lipinski definition) is 3. The molecule has 2 fully saturated rings. The van der Waals surface area contributed by atoms with Gasteiger partial charge in [-0.1, -0.05) is 6.92 Å². The smallest absolute Gasteiger partial charge is 0.223 e. The Balaban J connectivity index is 1.81. The molecule has 0 radical (unpaired) electrons. The minimum absolute atomic E-state index is 0.353. The molecule has 0 aliphatic carbocycles. The molecule has 0 spiro atoms. The van der Waals surface area contributed by atoms with E-state index in [1.165, 1.54) is 12.8 Å². The Bertz CT molecular complexity index is 276. The molecule has 2 aliphatic rings. The van der Waals surface area contributed by atoms with Gasteiger partial charge < -0.3 is 15.5 Å². The van der Waals surface area contributed by atoms with Gasteiger partial charge in [0.25, 0.3) is 0 Å². The normalized spacial score (nSPS) is 28.1. The summed E-state index contributed by atoms with van der Waals surface area (Å²) in [5.41, 5.74) is 0. The van der Waals surface area contributed by atoms with Crippen LogP contribution in [0.2, 0.25) is 0 Å². The lowest BCUT2D eigenvalue weighted by Gasteiger charge is -2.36. The van der Waals surface area contributed by atoms with Gasteiger partial charge in [-0.25, -0.2) is 0 Å². The molecule has 2 rings (SSSR count). The molecule has 0 aromatic heterocycles. The van der Waals surface area contributed by atoms with Crippen molar-refractivity contribution in [3.8, 4) is 0 Å². The van der Waals surface area contributed by atoms with Gasteiger partial charge in [-0.15, -0.1) is 0 Å². The quantitative estimate of drug-likeness (QED) is 0.783. The van der Waals surface area contributed by atoms with Crippen molar-refractivity contribution in [3.05, 3.63) is 0 Å². The van der Waals surface area contributed by atoms with Crippen molar-refractivity contribution in [2.45, 2.75) is 39.2 Å². The van der Waals surface area contributed by atoms with Crippen LogP contribution in [0.15, 0.2) is 0 Å². The van der Waals surface area contributed by atoms with E-state index in [4.69, 9.17) is 0 Å². The highest BCUT2D eigenvalue weighted by Gasteiger charge is 2.27. The Kier molecular flexibility index (Phi) is 5.01. The molecule has 4 nitrogen and oxygen atoms in total. The molecule has 2 heterocycles. The Morgan fingerprint density at radius 2 is 2.00 bits per heavy atom. The fourth-order valence-electron chi connectivity index (χ4n) is 3.18. The summed E-state index contributed by atoms with van der Waals surface area (Å²) in [7, 11) is 0. The average Bonchev–Trinajstić information content (AvgIpc) is 2.40. The summed E-state index contributed by atoms with van der Waals surface area (Å²) in [6, 6.07) is 0.353. The zero-order chi connectivity index (χ0) is 13.0. The molecule has 1 amide bonds. The molecule has 2 N–H and O–H groups in total. The molecule has 0 bridgehead atoms. The maximum Gasteiger partial charge on any atom is 0.223 e. The second-order valence-corrected chi connectivity index (χ2v) is 5.91. The lowest BCUT2D eigenvalue weighted by atomic mass is 9.84. The Morgan fingerprint density at radius 1 is 1.28 bits per heavy atom. The van der Waals surface area contributed by atoms with Crippen molar-refractivity contribution in [1.82, 2.24) is 15.5 Å². The van der Waals surface area contributed by atoms with Gasteiger partial charge in [0.2, 0.25) is 5.91 Å². The molecule has 2 aliphatic heterocycles. The zero-order valence-corrected chi connectivity index (χ0v) is 11.7. The molecule has 0 saturated carbocycles. The summed E-state index contributed by atoms with van der Waals surface area (Å²) in [6.45, 7) is 9.38. The number of piperazine rings is 1. The zero-order valence-electron chi connectivity index (χ0n) is 11.7. The van der Waals surface area contributed by atoms with Crippen molar-refractivity contribution in [2.75, 3.05) is 32.7 Å². The molecule has 2 saturated heterocycles. The summed E-state index contributed by atoms with van der Waals surface area (Å²) in [5.74, 6) is 1.62. The van der Waals surface area contributed by atoms with Crippen LogP contribution in [0.1, 0.15) is 33.1 Å². The van der Waals surface area contributed by atoms with Gasteiger partial charge in [0.1, 0.15) is 0 Å². The van der Waals surface area contributed by atoms with E-state index in [1.807, 2.05) is 0 Å². The third-order valence-electron chi connectivity index (χ3n) is 4.51. The van der Waals surface area contributed by atoms with Crippen molar-refractivity contribution >= 4 is 5.91 Å². The van der Waals surface area contributed by atoms with Crippen LogP contribution in [-0.4, -0.2) is 49.6 Å². The standard InChI is InChI=1S/C14H27N3O/c1-11(13-3-5-15-6-4-13)9-14(18)17-8-7-16-10-12(17)2/h11-13,15-16H,3-10H2,1-2H3/t11?,12-/m0/s1. The number of amides is 1. The van der Waals surface area contributed by atoms with Crippen molar-refractivity contribution in [1.29, 1.82) is 0 Å². The molecule has 4 heteroatoms. The predicted octanol–water partition coefficient (Wildman–Crippen LogP) is 0.833. The van der Waals surface area contributed by atoms with Crippen LogP contribution < -0.4 is 10.6 Å². The van der Waals surface area contributed by atoms with Crippen molar-refractivity contribution in [3.63, 3.8) is 0 Å². The number of nitrogens with zero attached hydrogens (tertiary/aromatic N) is 1. The van der Waals surface area contributed by atoms with E-state index in [1.54, 1.807) is 0 Å². The predicted molar refractivity (Wildman–Crippen MR) is 73.4 cm³/mol. The van der Waals surface area contributed by atoms with Crippen LogP contribution in [0.3, 0.4) is 0 Å². The van der Waals surface area contributed by atoms with E-state index in [-0.39, 0.29) is 0 Å². The minimum atomic E-state index is 0.353. The summed E-state index contributed by atoms with van der Waals surface area (Å²) in [4.78, 5) is 14.4. The average molecular weight is 253 g/mol. The lowest BCUT2D eigenvalue weighted by Crippen LogP contribution is -2.52. The molecule has 0 aromatic rings. The van der Waals surface area contributed by atoms with Gasteiger partial charge in [0.05, 0.1) is 0 Å².